The lowest BCUT2D eigenvalue weighted by molar-refractivity contribution is 0.0537. The van der Waals surface area contributed by atoms with Gasteiger partial charge in [-0.2, -0.15) is 0 Å². The molecule has 0 unspecified atom stereocenters. The molecule has 1 aliphatic rings. The fourth-order valence-corrected chi connectivity index (χ4v) is 4.62. The molecule has 1 saturated heterocycles. The third kappa shape index (κ3) is 5.23. The molecule has 1 aliphatic heterocycles. The van der Waals surface area contributed by atoms with Crippen molar-refractivity contribution in [2.24, 2.45) is 0 Å². The van der Waals surface area contributed by atoms with Crippen LogP contribution in [-0.2, 0) is 6.61 Å². The zero-order valence-electron chi connectivity index (χ0n) is 17.4. The lowest BCUT2D eigenvalue weighted by Gasteiger charge is -2.34. The highest BCUT2D eigenvalue weighted by Gasteiger charge is 2.27. The molecule has 166 valence electrons. The van der Waals surface area contributed by atoms with Crippen LogP contribution in [0, 0.1) is 6.92 Å². The van der Waals surface area contributed by atoms with Gasteiger partial charge in [0, 0.05) is 41.8 Å². The second-order valence-electron chi connectivity index (χ2n) is 7.36. The summed E-state index contributed by atoms with van der Waals surface area (Å²) >= 11 is 13.1. The smallest absolute Gasteiger partial charge is 0.265 e. The van der Waals surface area contributed by atoms with E-state index in [2.05, 4.69) is 4.98 Å². The molecule has 3 aromatic rings. The van der Waals surface area contributed by atoms with Gasteiger partial charge < -0.3 is 14.5 Å². The molecule has 0 spiro atoms. The molecule has 4 rings (SSSR count). The zero-order valence-corrected chi connectivity index (χ0v) is 19.7. The minimum Gasteiger partial charge on any atom is -0.486 e. The average molecular weight is 490 g/mol. The summed E-state index contributed by atoms with van der Waals surface area (Å²) in [5, 5.41) is 1.97. The number of aromatic nitrogens is 1. The number of nitrogens with zero attached hydrogens (tertiary/aromatic N) is 3. The number of rotatable bonds is 5. The maximum Gasteiger partial charge on any atom is 0.265 e. The summed E-state index contributed by atoms with van der Waals surface area (Å²) in [6, 6.07) is 13.9. The number of halogens is 2. The number of ether oxygens (including phenoxy) is 1. The van der Waals surface area contributed by atoms with Crippen LogP contribution in [0.5, 0.6) is 5.75 Å². The number of hydrogen-bond donors (Lipinski definition) is 0. The van der Waals surface area contributed by atoms with Gasteiger partial charge >= 0.3 is 0 Å². The number of benzene rings is 2. The van der Waals surface area contributed by atoms with Gasteiger partial charge in [0.2, 0.25) is 0 Å². The van der Waals surface area contributed by atoms with Crippen LogP contribution in [0.3, 0.4) is 0 Å². The van der Waals surface area contributed by atoms with Crippen LogP contribution in [0.25, 0.3) is 0 Å². The van der Waals surface area contributed by atoms with Crippen LogP contribution in [0.15, 0.2) is 48.5 Å². The Bertz CT molecular complexity index is 1110. The Hall–Kier alpha value is -2.61. The van der Waals surface area contributed by atoms with E-state index >= 15 is 0 Å². The molecule has 0 N–H and O–H groups in total. The molecule has 1 fully saturated rings. The van der Waals surface area contributed by atoms with E-state index in [0.717, 1.165) is 5.01 Å². The van der Waals surface area contributed by atoms with Crippen LogP contribution in [0.4, 0.5) is 0 Å². The minimum absolute atomic E-state index is 0.0515. The number of amides is 2. The number of hydrogen-bond acceptors (Lipinski definition) is 5. The summed E-state index contributed by atoms with van der Waals surface area (Å²) in [7, 11) is 0. The lowest BCUT2D eigenvalue weighted by Crippen LogP contribution is -2.50. The molecular weight excluding hydrogens is 469 g/mol. The summed E-state index contributed by atoms with van der Waals surface area (Å²) in [5.74, 6) is 0.581. The summed E-state index contributed by atoms with van der Waals surface area (Å²) in [4.78, 5) is 34.4. The van der Waals surface area contributed by atoms with Crippen LogP contribution < -0.4 is 4.74 Å². The van der Waals surface area contributed by atoms with Crippen molar-refractivity contribution in [2.75, 3.05) is 26.2 Å². The van der Waals surface area contributed by atoms with Gasteiger partial charge in [-0.05, 0) is 55.5 Å². The quantitative estimate of drug-likeness (QED) is 0.509. The summed E-state index contributed by atoms with van der Waals surface area (Å²) in [6.45, 7) is 4.03. The Labute approximate surface area is 200 Å². The van der Waals surface area contributed by atoms with Crippen molar-refractivity contribution in [3.05, 3.63) is 79.7 Å². The SMILES string of the molecule is Cc1nc(COc2ccc(Cl)cc2)sc1C(=O)N1CCN(C(=O)c2ccc(Cl)cc2)CC1. The van der Waals surface area contributed by atoms with E-state index in [4.69, 9.17) is 27.9 Å². The summed E-state index contributed by atoms with van der Waals surface area (Å²) < 4.78 is 5.74. The predicted molar refractivity (Wildman–Crippen MR) is 126 cm³/mol. The highest BCUT2D eigenvalue weighted by atomic mass is 35.5. The molecule has 0 saturated carbocycles. The molecule has 32 heavy (non-hydrogen) atoms. The summed E-state index contributed by atoms with van der Waals surface area (Å²) in [5.41, 5.74) is 1.28. The molecule has 0 radical (unpaired) electrons. The van der Waals surface area contributed by atoms with E-state index in [1.54, 1.807) is 58.3 Å². The van der Waals surface area contributed by atoms with Gasteiger partial charge in [0.25, 0.3) is 11.8 Å². The highest BCUT2D eigenvalue weighted by molar-refractivity contribution is 7.13. The van der Waals surface area contributed by atoms with Crippen molar-refractivity contribution in [3.63, 3.8) is 0 Å². The lowest BCUT2D eigenvalue weighted by atomic mass is 10.2. The van der Waals surface area contributed by atoms with Crippen molar-refractivity contribution >= 4 is 46.4 Å². The predicted octanol–water partition coefficient (Wildman–Crippen LogP) is 4.94. The van der Waals surface area contributed by atoms with Gasteiger partial charge in [-0.15, -0.1) is 11.3 Å². The van der Waals surface area contributed by atoms with E-state index in [1.165, 1.54) is 11.3 Å². The van der Waals surface area contributed by atoms with E-state index in [0.29, 0.717) is 58.1 Å². The van der Waals surface area contributed by atoms with Gasteiger partial charge in [0.05, 0.1) is 5.69 Å². The van der Waals surface area contributed by atoms with Gasteiger partial charge in [0.1, 0.15) is 22.2 Å². The molecule has 0 bridgehead atoms. The van der Waals surface area contributed by atoms with Crippen LogP contribution >= 0.6 is 34.5 Å². The van der Waals surface area contributed by atoms with Gasteiger partial charge in [0.15, 0.2) is 0 Å². The third-order valence-corrected chi connectivity index (χ3v) is 6.78. The second-order valence-corrected chi connectivity index (χ2v) is 9.31. The fraction of sp³-hybridized carbons (Fsp3) is 0.261. The van der Waals surface area contributed by atoms with Crippen molar-refractivity contribution < 1.29 is 14.3 Å². The maximum absolute atomic E-state index is 13.1. The molecule has 0 aliphatic carbocycles. The molecule has 2 aromatic carbocycles. The summed E-state index contributed by atoms with van der Waals surface area (Å²) in [6.07, 6.45) is 0. The number of thiazole rings is 1. The standard InChI is InChI=1S/C23H21Cl2N3O3S/c1-15-21(32-20(26-15)14-31-19-8-6-18(25)7-9-19)23(30)28-12-10-27(11-13-28)22(29)16-2-4-17(24)5-3-16/h2-9H,10-14H2,1H3. The number of carbonyl (C=O) groups excluding carboxylic acids is 2. The van der Waals surface area contributed by atoms with E-state index in [9.17, 15) is 9.59 Å². The Morgan fingerprint density at radius 3 is 2.03 bits per heavy atom. The Kier molecular flexibility index (Phi) is 6.98. The first-order chi connectivity index (χ1) is 15.4. The van der Waals surface area contributed by atoms with E-state index < -0.39 is 0 Å². The monoisotopic (exact) mass is 489 g/mol. The van der Waals surface area contributed by atoms with Gasteiger partial charge in [-0.3, -0.25) is 9.59 Å². The zero-order chi connectivity index (χ0) is 22.7. The maximum atomic E-state index is 13.1. The van der Waals surface area contributed by atoms with Gasteiger partial charge in [-0.25, -0.2) is 4.98 Å². The van der Waals surface area contributed by atoms with Crippen LogP contribution in [0.2, 0.25) is 10.0 Å². The normalized spacial score (nSPS) is 13.8. The topological polar surface area (TPSA) is 62.7 Å². The Balaban J connectivity index is 1.34. The number of piperazine rings is 1. The first-order valence-electron chi connectivity index (χ1n) is 10.1. The first kappa shape index (κ1) is 22.6. The molecule has 2 amide bonds. The van der Waals surface area contributed by atoms with E-state index in [-0.39, 0.29) is 18.4 Å². The Morgan fingerprint density at radius 1 is 0.906 bits per heavy atom. The fourth-order valence-electron chi connectivity index (χ4n) is 3.42. The third-order valence-electron chi connectivity index (χ3n) is 5.16. The van der Waals surface area contributed by atoms with Crippen molar-refractivity contribution in [2.45, 2.75) is 13.5 Å². The highest BCUT2D eigenvalue weighted by Crippen LogP contribution is 2.23. The number of carbonyl (C=O) groups is 2. The van der Waals surface area contributed by atoms with Gasteiger partial charge in [-0.1, -0.05) is 23.2 Å². The molecular formula is C23H21Cl2N3O3S. The first-order valence-corrected chi connectivity index (χ1v) is 11.7. The van der Waals surface area contributed by atoms with Crippen molar-refractivity contribution in [1.29, 1.82) is 0 Å². The van der Waals surface area contributed by atoms with Crippen molar-refractivity contribution in [1.82, 2.24) is 14.8 Å². The van der Waals surface area contributed by atoms with Crippen LogP contribution in [-0.4, -0.2) is 52.8 Å². The molecule has 1 aromatic heterocycles. The average Bonchev–Trinajstić information content (AvgIpc) is 3.19. The molecule has 9 heteroatoms. The number of aryl methyl sites for hydroxylation is 1. The Morgan fingerprint density at radius 2 is 1.44 bits per heavy atom. The van der Waals surface area contributed by atoms with Crippen molar-refractivity contribution in [3.8, 4) is 5.75 Å². The molecule has 6 nitrogen and oxygen atoms in total. The van der Waals surface area contributed by atoms with E-state index in [1.807, 2.05) is 6.92 Å². The molecule has 0 atom stereocenters. The second kappa shape index (κ2) is 9.90. The van der Waals surface area contributed by atoms with Crippen LogP contribution in [0.1, 0.15) is 30.7 Å². The molecule has 2 heterocycles. The minimum atomic E-state index is -0.0589. The largest absolute Gasteiger partial charge is 0.486 e.